The average molecular weight is 385 g/mol. The lowest BCUT2D eigenvalue weighted by Gasteiger charge is -2.09. The molecule has 0 radical (unpaired) electrons. The van der Waals surface area contributed by atoms with Gasteiger partial charge >= 0.3 is 5.97 Å². The fourth-order valence-electron chi connectivity index (χ4n) is 3.29. The molecular formula is C21H15N5O3. The first kappa shape index (κ1) is 16.9. The Bertz CT molecular complexity index is 1350. The maximum Gasteiger partial charge on any atom is 0.341 e. The van der Waals surface area contributed by atoms with Crippen LogP contribution < -0.4 is 5.56 Å². The van der Waals surface area contributed by atoms with Crippen molar-refractivity contribution in [2.24, 2.45) is 0 Å². The molecule has 0 fully saturated rings. The third-order valence-corrected chi connectivity index (χ3v) is 4.70. The van der Waals surface area contributed by atoms with E-state index in [1.807, 2.05) is 42.5 Å². The topological polar surface area (TPSA) is 94.8 Å². The second-order valence-corrected chi connectivity index (χ2v) is 6.46. The zero-order valence-electron chi connectivity index (χ0n) is 15.4. The Morgan fingerprint density at radius 1 is 1.03 bits per heavy atom. The summed E-state index contributed by atoms with van der Waals surface area (Å²) in [5, 5.41) is 4.39. The molecule has 8 heteroatoms. The van der Waals surface area contributed by atoms with Gasteiger partial charge in [0.1, 0.15) is 11.3 Å². The molecule has 8 nitrogen and oxygen atoms in total. The summed E-state index contributed by atoms with van der Waals surface area (Å²) < 4.78 is 7.80. The summed E-state index contributed by atoms with van der Waals surface area (Å²) in [6.45, 7) is 0. The van der Waals surface area contributed by atoms with E-state index in [2.05, 4.69) is 15.1 Å². The van der Waals surface area contributed by atoms with E-state index >= 15 is 0 Å². The highest BCUT2D eigenvalue weighted by Gasteiger charge is 2.25. The largest absolute Gasteiger partial charge is 0.465 e. The van der Waals surface area contributed by atoms with Gasteiger partial charge in [0.15, 0.2) is 0 Å². The van der Waals surface area contributed by atoms with Crippen LogP contribution in [0.25, 0.3) is 33.9 Å². The fraction of sp³-hybridized carbons (Fsp3) is 0.0476. The third kappa shape index (κ3) is 2.69. The third-order valence-electron chi connectivity index (χ3n) is 4.70. The second kappa shape index (κ2) is 6.45. The number of H-pyrrole nitrogens is 1. The van der Waals surface area contributed by atoms with Crippen LogP contribution in [0.4, 0.5) is 0 Å². The van der Waals surface area contributed by atoms with Gasteiger partial charge in [-0.25, -0.2) is 9.78 Å². The number of hydrogen-bond acceptors (Lipinski definition) is 5. The Balaban J connectivity index is 1.78. The molecule has 3 heterocycles. The average Bonchev–Trinajstić information content (AvgIpc) is 3.34. The van der Waals surface area contributed by atoms with Crippen LogP contribution in [0.2, 0.25) is 0 Å². The quantitative estimate of drug-likeness (QED) is 0.482. The fourth-order valence-corrected chi connectivity index (χ4v) is 3.29. The molecule has 1 aromatic heterocycles. The molecule has 2 aromatic carbocycles. The van der Waals surface area contributed by atoms with E-state index < -0.39 is 5.97 Å². The minimum absolute atomic E-state index is 0.178. The minimum atomic E-state index is -0.585. The van der Waals surface area contributed by atoms with Gasteiger partial charge in [-0.2, -0.15) is 9.78 Å². The number of pyridine rings is 1. The lowest BCUT2D eigenvalue weighted by Crippen LogP contribution is -2.15. The first-order valence-corrected chi connectivity index (χ1v) is 8.89. The van der Waals surface area contributed by atoms with Crippen LogP contribution in [-0.4, -0.2) is 37.4 Å². The summed E-state index contributed by atoms with van der Waals surface area (Å²) in [5.41, 5.74) is 2.64. The molecule has 2 aliphatic heterocycles. The molecular weight excluding hydrogens is 370 g/mol. The van der Waals surface area contributed by atoms with Gasteiger partial charge in [0.2, 0.25) is 5.95 Å². The molecule has 1 N–H and O–H groups in total. The van der Waals surface area contributed by atoms with Crippen molar-refractivity contribution in [1.82, 2.24) is 24.3 Å². The number of benzene rings is 2. The number of nitrogens with one attached hydrogen (secondary N) is 1. The summed E-state index contributed by atoms with van der Waals surface area (Å²) in [6.07, 6.45) is 3.18. The number of esters is 1. The Labute approximate surface area is 164 Å². The van der Waals surface area contributed by atoms with Gasteiger partial charge in [-0.3, -0.25) is 9.36 Å². The highest BCUT2D eigenvalue weighted by Crippen LogP contribution is 2.25. The zero-order valence-corrected chi connectivity index (χ0v) is 15.4. The summed E-state index contributed by atoms with van der Waals surface area (Å²) >= 11 is 0. The number of ether oxygens (including phenoxy) is 1. The van der Waals surface area contributed by atoms with Crippen molar-refractivity contribution in [1.29, 1.82) is 0 Å². The summed E-state index contributed by atoms with van der Waals surface area (Å²) in [4.78, 5) is 33.2. The maximum absolute atomic E-state index is 13.1. The van der Waals surface area contributed by atoms with Crippen molar-refractivity contribution >= 4 is 17.0 Å². The molecule has 5 rings (SSSR count). The number of aromatic nitrogens is 5. The number of carbonyl (C=O) groups is 1. The molecule has 0 bridgehead atoms. The van der Waals surface area contributed by atoms with Gasteiger partial charge in [0, 0.05) is 12.4 Å². The Hall–Kier alpha value is -4.20. The van der Waals surface area contributed by atoms with E-state index in [-0.39, 0.29) is 22.4 Å². The van der Waals surface area contributed by atoms with Crippen molar-refractivity contribution in [3.63, 3.8) is 0 Å². The molecule has 29 heavy (non-hydrogen) atoms. The number of rotatable bonds is 3. The highest BCUT2D eigenvalue weighted by atomic mass is 16.5. The number of methoxy groups -OCH3 is 1. The number of carbonyl (C=O) groups excluding carboxylic acids is 1. The van der Waals surface area contributed by atoms with Crippen molar-refractivity contribution in [2.75, 3.05) is 7.11 Å². The van der Waals surface area contributed by atoms with Crippen LogP contribution in [0, 0.1) is 0 Å². The SMILES string of the molecule is COC(=O)c1cn(-c2nc3ccccc3[nH]2)cc2c(=O)n(-c3ccccc3)nc1-2. The Morgan fingerprint density at radius 2 is 1.79 bits per heavy atom. The molecule has 0 saturated heterocycles. The second-order valence-electron chi connectivity index (χ2n) is 6.46. The van der Waals surface area contributed by atoms with Crippen molar-refractivity contribution in [3.05, 3.63) is 82.9 Å². The maximum atomic E-state index is 13.1. The van der Waals surface area contributed by atoms with Gasteiger partial charge in [-0.1, -0.05) is 30.3 Å². The van der Waals surface area contributed by atoms with Crippen LogP contribution in [0.1, 0.15) is 10.4 Å². The first-order valence-electron chi connectivity index (χ1n) is 8.89. The number of nitrogens with zero attached hydrogens (tertiary/aromatic N) is 4. The molecule has 0 aliphatic carbocycles. The molecule has 3 aromatic rings. The van der Waals surface area contributed by atoms with E-state index in [0.29, 0.717) is 11.6 Å². The van der Waals surface area contributed by atoms with Crippen LogP contribution in [0.5, 0.6) is 0 Å². The minimum Gasteiger partial charge on any atom is -0.465 e. The summed E-state index contributed by atoms with van der Waals surface area (Å²) in [7, 11) is 1.29. The Kier molecular flexibility index (Phi) is 3.77. The van der Waals surface area contributed by atoms with E-state index in [1.54, 1.807) is 29.1 Å². The molecule has 0 unspecified atom stereocenters. The zero-order chi connectivity index (χ0) is 20.0. The predicted molar refractivity (Wildman–Crippen MR) is 107 cm³/mol. The number of fused-ring (bicyclic) bond motifs is 2. The smallest absolute Gasteiger partial charge is 0.341 e. The van der Waals surface area contributed by atoms with Crippen LogP contribution >= 0.6 is 0 Å². The summed E-state index contributed by atoms with van der Waals surface area (Å²) in [5.74, 6) is -0.108. The van der Waals surface area contributed by atoms with Gasteiger partial charge in [0.25, 0.3) is 5.56 Å². The van der Waals surface area contributed by atoms with Crippen molar-refractivity contribution in [3.8, 4) is 22.9 Å². The lowest BCUT2D eigenvalue weighted by molar-refractivity contribution is 0.0600. The van der Waals surface area contributed by atoms with Crippen molar-refractivity contribution < 1.29 is 9.53 Å². The molecule has 0 atom stereocenters. The highest BCUT2D eigenvalue weighted by molar-refractivity contribution is 5.96. The lowest BCUT2D eigenvalue weighted by atomic mass is 10.1. The molecule has 142 valence electrons. The number of aromatic amines is 1. The van der Waals surface area contributed by atoms with E-state index in [9.17, 15) is 9.59 Å². The standard InChI is InChI=1S/C21H15N5O3/c1-29-20(28)15-12-25(21-22-16-9-5-6-10-17(16)23-21)11-14-18(15)24-26(19(14)27)13-7-3-2-4-8-13/h2-12H,1H3,(H,22,23). The number of hydrogen-bond donors (Lipinski definition) is 1. The normalized spacial score (nSPS) is 11.2. The van der Waals surface area contributed by atoms with E-state index in [1.165, 1.54) is 11.8 Å². The van der Waals surface area contributed by atoms with Gasteiger partial charge in [-0.15, -0.1) is 0 Å². The molecule has 2 aliphatic rings. The number of para-hydroxylation sites is 3. The van der Waals surface area contributed by atoms with Crippen LogP contribution in [0.3, 0.4) is 0 Å². The van der Waals surface area contributed by atoms with Crippen LogP contribution in [-0.2, 0) is 4.74 Å². The van der Waals surface area contributed by atoms with Crippen molar-refractivity contribution in [2.45, 2.75) is 0 Å². The number of imidazole rings is 1. The van der Waals surface area contributed by atoms with E-state index in [0.717, 1.165) is 11.0 Å². The van der Waals surface area contributed by atoms with Crippen LogP contribution in [0.15, 0.2) is 71.8 Å². The molecule has 0 amide bonds. The predicted octanol–water partition coefficient (Wildman–Crippen LogP) is 2.79. The molecule has 0 spiro atoms. The van der Waals surface area contributed by atoms with E-state index in [4.69, 9.17) is 4.74 Å². The summed E-state index contributed by atoms with van der Waals surface area (Å²) in [6, 6.07) is 16.6. The monoisotopic (exact) mass is 385 g/mol. The van der Waals surface area contributed by atoms with Gasteiger partial charge in [-0.05, 0) is 24.3 Å². The Morgan fingerprint density at radius 3 is 2.55 bits per heavy atom. The van der Waals surface area contributed by atoms with Gasteiger partial charge < -0.3 is 9.72 Å². The first-order chi connectivity index (χ1) is 14.2. The van der Waals surface area contributed by atoms with Gasteiger partial charge in [0.05, 0.1) is 29.4 Å². The molecule has 0 saturated carbocycles.